The van der Waals surface area contributed by atoms with E-state index in [9.17, 15) is 4.79 Å². The summed E-state index contributed by atoms with van der Waals surface area (Å²) < 4.78 is 5.04. The summed E-state index contributed by atoms with van der Waals surface area (Å²) in [7, 11) is 1.60. The molecular formula is C13H16N2O2. The van der Waals surface area contributed by atoms with Gasteiger partial charge in [-0.1, -0.05) is 18.2 Å². The lowest BCUT2D eigenvalue weighted by Gasteiger charge is -2.13. The zero-order chi connectivity index (χ0) is 12.7. The number of methoxy groups -OCH3 is 1. The molecule has 17 heavy (non-hydrogen) atoms. The van der Waals surface area contributed by atoms with Crippen LogP contribution in [-0.2, 0) is 16.1 Å². The molecule has 0 aliphatic rings. The Balaban J connectivity index is 2.74. The molecule has 1 amide bonds. The zero-order valence-corrected chi connectivity index (χ0v) is 9.77. The molecule has 1 aromatic carbocycles. The second kappa shape index (κ2) is 6.69. The van der Waals surface area contributed by atoms with Crippen molar-refractivity contribution < 1.29 is 9.53 Å². The second-order valence-electron chi connectivity index (χ2n) is 3.59. The standard InChI is InChI=1S/C13H16N2O2/c1-3-6-11(14)13(16)15-12-8-5-4-7-10(12)9-17-2/h1,4-5,7-8,11H,6,9,14H2,2H3,(H,15,16). The molecule has 1 rings (SSSR count). The number of hydrogen-bond donors (Lipinski definition) is 2. The molecule has 1 unspecified atom stereocenters. The van der Waals surface area contributed by atoms with Crippen molar-refractivity contribution in [3.05, 3.63) is 29.8 Å². The molecule has 4 heteroatoms. The van der Waals surface area contributed by atoms with E-state index in [2.05, 4.69) is 11.2 Å². The van der Waals surface area contributed by atoms with E-state index in [4.69, 9.17) is 16.9 Å². The number of terminal acetylenes is 1. The fourth-order valence-electron chi connectivity index (χ4n) is 1.37. The van der Waals surface area contributed by atoms with Gasteiger partial charge in [-0.15, -0.1) is 12.3 Å². The van der Waals surface area contributed by atoms with E-state index in [0.29, 0.717) is 12.3 Å². The molecule has 0 heterocycles. The molecule has 4 nitrogen and oxygen atoms in total. The minimum absolute atomic E-state index is 0.221. The molecule has 0 radical (unpaired) electrons. The average molecular weight is 232 g/mol. The van der Waals surface area contributed by atoms with Gasteiger partial charge in [0.15, 0.2) is 0 Å². The summed E-state index contributed by atoms with van der Waals surface area (Å²) in [6, 6.07) is 6.71. The molecule has 90 valence electrons. The first-order chi connectivity index (χ1) is 8.19. The number of ether oxygens (including phenoxy) is 1. The van der Waals surface area contributed by atoms with Gasteiger partial charge in [0.25, 0.3) is 0 Å². The third kappa shape index (κ3) is 3.91. The van der Waals surface area contributed by atoms with Crippen molar-refractivity contribution in [2.24, 2.45) is 5.73 Å². The molecule has 0 saturated heterocycles. The van der Waals surface area contributed by atoms with E-state index >= 15 is 0 Å². The van der Waals surface area contributed by atoms with Crippen LogP contribution in [-0.4, -0.2) is 19.1 Å². The summed E-state index contributed by atoms with van der Waals surface area (Å²) in [5.74, 6) is 2.08. The average Bonchev–Trinajstić information content (AvgIpc) is 2.32. The van der Waals surface area contributed by atoms with Gasteiger partial charge in [-0.2, -0.15) is 0 Å². The van der Waals surface area contributed by atoms with Crippen LogP contribution >= 0.6 is 0 Å². The molecule has 3 N–H and O–H groups in total. The summed E-state index contributed by atoms with van der Waals surface area (Å²) in [5, 5.41) is 2.74. The van der Waals surface area contributed by atoms with Crippen LogP contribution in [0.2, 0.25) is 0 Å². The molecular weight excluding hydrogens is 216 g/mol. The Kier molecular flexibility index (Phi) is 5.21. The number of rotatable bonds is 5. The maximum absolute atomic E-state index is 11.7. The molecule has 0 aromatic heterocycles. The van der Waals surface area contributed by atoms with E-state index in [0.717, 1.165) is 5.56 Å². The number of carbonyl (C=O) groups is 1. The topological polar surface area (TPSA) is 64.4 Å². The first-order valence-corrected chi connectivity index (χ1v) is 5.25. The van der Waals surface area contributed by atoms with Gasteiger partial charge < -0.3 is 15.8 Å². The number of amides is 1. The van der Waals surface area contributed by atoms with Gasteiger partial charge in [0, 0.05) is 24.8 Å². The Bertz CT molecular complexity index is 424. The molecule has 0 aliphatic carbocycles. The number of benzene rings is 1. The fourth-order valence-corrected chi connectivity index (χ4v) is 1.37. The van der Waals surface area contributed by atoms with Gasteiger partial charge in [-0.25, -0.2) is 0 Å². The first-order valence-electron chi connectivity index (χ1n) is 5.25. The van der Waals surface area contributed by atoms with Crippen molar-refractivity contribution >= 4 is 11.6 Å². The predicted molar refractivity (Wildman–Crippen MR) is 67.2 cm³/mol. The monoisotopic (exact) mass is 232 g/mol. The summed E-state index contributed by atoms with van der Waals surface area (Å²) in [6.07, 6.45) is 5.33. The highest BCUT2D eigenvalue weighted by molar-refractivity contribution is 5.95. The zero-order valence-electron chi connectivity index (χ0n) is 9.77. The van der Waals surface area contributed by atoms with Gasteiger partial charge in [-0.05, 0) is 6.07 Å². The van der Waals surface area contributed by atoms with Crippen LogP contribution in [0, 0.1) is 12.3 Å². The Morgan fingerprint density at radius 2 is 2.29 bits per heavy atom. The highest BCUT2D eigenvalue weighted by Crippen LogP contribution is 2.16. The number of carbonyl (C=O) groups excluding carboxylic acids is 1. The van der Waals surface area contributed by atoms with Gasteiger partial charge in [-0.3, -0.25) is 4.79 Å². The van der Waals surface area contributed by atoms with E-state index in [1.165, 1.54) is 0 Å². The maximum atomic E-state index is 11.7. The maximum Gasteiger partial charge on any atom is 0.242 e. The van der Waals surface area contributed by atoms with Crippen LogP contribution in [0.25, 0.3) is 0 Å². The lowest BCUT2D eigenvalue weighted by atomic mass is 10.1. The van der Waals surface area contributed by atoms with Crippen molar-refractivity contribution in [2.75, 3.05) is 12.4 Å². The Labute approximate surface area is 101 Å². The normalized spacial score (nSPS) is 11.6. The van der Waals surface area contributed by atoms with Gasteiger partial charge in [0.05, 0.1) is 12.6 Å². The summed E-state index contributed by atoms with van der Waals surface area (Å²) in [5.41, 5.74) is 7.21. The van der Waals surface area contributed by atoms with E-state index in [1.807, 2.05) is 18.2 Å². The Morgan fingerprint density at radius 1 is 1.59 bits per heavy atom. The summed E-state index contributed by atoms with van der Waals surface area (Å²) in [4.78, 5) is 11.7. The quantitative estimate of drug-likeness (QED) is 0.748. The van der Waals surface area contributed by atoms with Crippen LogP contribution in [0.15, 0.2) is 24.3 Å². The highest BCUT2D eigenvalue weighted by atomic mass is 16.5. The highest BCUT2D eigenvalue weighted by Gasteiger charge is 2.13. The molecule has 0 spiro atoms. The number of nitrogens with two attached hydrogens (primary N) is 1. The number of nitrogens with one attached hydrogen (secondary N) is 1. The summed E-state index contributed by atoms with van der Waals surface area (Å²) in [6.45, 7) is 0.431. The van der Waals surface area contributed by atoms with Gasteiger partial charge >= 0.3 is 0 Å². The predicted octanol–water partition coefficient (Wildman–Crippen LogP) is 1.12. The minimum Gasteiger partial charge on any atom is -0.380 e. The van der Waals surface area contributed by atoms with Crippen molar-refractivity contribution in [3.8, 4) is 12.3 Å². The molecule has 0 aliphatic heterocycles. The van der Waals surface area contributed by atoms with Crippen LogP contribution in [0.5, 0.6) is 0 Å². The number of anilines is 1. The number of hydrogen-bond acceptors (Lipinski definition) is 3. The lowest BCUT2D eigenvalue weighted by molar-refractivity contribution is -0.117. The van der Waals surface area contributed by atoms with Crippen LogP contribution < -0.4 is 11.1 Å². The molecule has 1 atom stereocenters. The third-order valence-corrected chi connectivity index (χ3v) is 2.25. The number of para-hydroxylation sites is 1. The molecule has 0 saturated carbocycles. The molecule has 1 aromatic rings. The van der Waals surface area contributed by atoms with Crippen molar-refractivity contribution in [2.45, 2.75) is 19.1 Å². The van der Waals surface area contributed by atoms with Crippen LogP contribution in [0.4, 0.5) is 5.69 Å². The van der Waals surface area contributed by atoms with E-state index in [1.54, 1.807) is 13.2 Å². The molecule has 0 fully saturated rings. The largest absolute Gasteiger partial charge is 0.380 e. The Morgan fingerprint density at radius 3 is 2.94 bits per heavy atom. The smallest absolute Gasteiger partial charge is 0.242 e. The van der Waals surface area contributed by atoms with Crippen LogP contribution in [0.3, 0.4) is 0 Å². The molecule has 0 bridgehead atoms. The third-order valence-electron chi connectivity index (χ3n) is 2.25. The van der Waals surface area contributed by atoms with Crippen molar-refractivity contribution in [1.29, 1.82) is 0 Å². The van der Waals surface area contributed by atoms with E-state index < -0.39 is 6.04 Å². The van der Waals surface area contributed by atoms with Gasteiger partial charge in [0.1, 0.15) is 0 Å². The fraction of sp³-hybridized carbons (Fsp3) is 0.308. The SMILES string of the molecule is C#CCC(N)C(=O)Nc1ccccc1COC. The van der Waals surface area contributed by atoms with Crippen molar-refractivity contribution in [1.82, 2.24) is 0 Å². The van der Waals surface area contributed by atoms with Gasteiger partial charge in [0.2, 0.25) is 5.91 Å². The van der Waals surface area contributed by atoms with E-state index in [-0.39, 0.29) is 12.3 Å². The van der Waals surface area contributed by atoms with Crippen molar-refractivity contribution in [3.63, 3.8) is 0 Å². The lowest BCUT2D eigenvalue weighted by Crippen LogP contribution is -2.35. The Hall–Kier alpha value is -1.83. The first kappa shape index (κ1) is 13.2. The second-order valence-corrected chi connectivity index (χ2v) is 3.59. The minimum atomic E-state index is -0.685. The van der Waals surface area contributed by atoms with Crippen LogP contribution in [0.1, 0.15) is 12.0 Å². The summed E-state index contributed by atoms with van der Waals surface area (Å²) >= 11 is 0.